The van der Waals surface area contributed by atoms with Gasteiger partial charge in [-0.1, -0.05) is 12.1 Å². The first-order valence-electron chi connectivity index (χ1n) is 4.90. The van der Waals surface area contributed by atoms with Gasteiger partial charge in [0.05, 0.1) is 12.2 Å². The lowest BCUT2D eigenvalue weighted by Crippen LogP contribution is -2.51. The third-order valence-electron chi connectivity index (χ3n) is 3.08. The molecule has 1 N–H and O–H groups in total. The molecular formula is C11H14ClNO. The minimum absolute atomic E-state index is 0. The van der Waals surface area contributed by atoms with Crippen molar-refractivity contribution in [3.05, 3.63) is 24.3 Å². The number of anilines is 1. The van der Waals surface area contributed by atoms with Gasteiger partial charge in [0.2, 0.25) is 0 Å². The minimum Gasteiger partial charge on any atom is -0.483 e. The van der Waals surface area contributed by atoms with Crippen LogP contribution < -0.4 is 10.1 Å². The summed E-state index contributed by atoms with van der Waals surface area (Å²) in [6.07, 6.45) is 3.71. The van der Waals surface area contributed by atoms with E-state index in [1.807, 2.05) is 18.2 Å². The minimum atomic E-state index is 0. The van der Waals surface area contributed by atoms with Crippen LogP contribution in [0.15, 0.2) is 24.3 Å². The fraction of sp³-hybridized carbons (Fsp3) is 0.455. The summed E-state index contributed by atoms with van der Waals surface area (Å²) in [5, 5.41) is 3.43. The summed E-state index contributed by atoms with van der Waals surface area (Å²) in [5.41, 5.74) is 1.27. The Balaban J connectivity index is 0.000000750. The molecule has 2 nitrogen and oxygen atoms in total. The van der Waals surface area contributed by atoms with Crippen molar-refractivity contribution >= 4 is 18.1 Å². The van der Waals surface area contributed by atoms with E-state index in [-0.39, 0.29) is 18.0 Å². The van der Waals surface area contributed by atoms with Gasteiger partial charge in [-0.25, -0.2) is 0 Å². The fourth-order valence-corrected chi connectivity index (χ4v) is 2.08. The van der Waals surface area contributed by atoms with Crippen LogP contribution in [0.5, 0.6) is 5.75 Å². The van der Waals surface area contributed by atoms with Crippen molar-refractivity contribution < 1.29 is 4.74 Å². The van der Waals surface area contributed by atoms with Crippen LogP contribution in [0.4, 0.5) is 5.69 Å². The second-order valence-electron chi connectivity index (χ2n) is 3.99. The number of nitrogens with one attached hydrogen (secondary N) is 1. The van der Waals surface area contributed by atoms with E-state index in [2.05, 4.69) is 11.4 Å². The lowest BCUT2D eigenvalue weighted by atomic mass is 9.79. The standard InChI is InChI=1S/C11H13NO.ClH/c1-2-5-10-9(4-1)12-8-11(13-10)6-3-7-11;/h1-2,4-5,12H,3,6-8H2;1H. The van der Waals surface area contributed by atoms with Crippen LogP contribution in [0.2, 0.25) is 0 Å². The Hall–Kier alpha value is -0.890. The lowest BCUT2D eigenvalue weighted by Gasteiger charge is -2.45. The maximum Gasteiger partial charge on any atom is 0.143 e. The van der Waals surface area contributed by atoms with Crippen LogP contribution in [0.1, 0.15) is 19.3 Å². The number of fused-ring (bicyclic) bond motifs is 1. The van der Waals surface area contributed by atoms with Gasteiger partial charge in [-0.2, -0.15) is 0 Å². The number of hydrogen-bond donors (Lipinski definition) is 1. The molecule has 1 aromatic carbocycles. The zero-order valence-electron chi connectivity index (χ0n) is 7.95. The summed E-state index contributed by atoms with van der Waals surface area (Å²) in [6.45, 7) is 0.976. The van der Waals surface area contributed by atoms with Gasteiger partial charge in [-0.3, -0.25) is 0 Å². The summed E-state index contributed by atoms with van der Waals surface area (Å²) in [7, 11) is 0. The van der Waals surface area contributed by atoms with Crippen LogP contribution in [-0.4, -0.2) is 12.1 Å². The molecule has 0 atom stereocenters. The number of para-hydroxylation sites is 2. The summed E-state index contributed by atoms with van der Waals surface area (Å²) in [4.78, 5) is 0. The molecule has 1 aliphatic carbocycles. The second-order valence-corrected chi connectivity index (χ2v) is 3.99. The Morgan fingerprint density at radius 2 is 2.00 bits per heavy atom. The molecule has 0 aromatic heterocycles. The highest BCUT2D eigenvalue weighted by Crippen LogP contribution is 2.42. The van der Waals surface area contributed by atoms with E-state index < -0.39 is 0 Å². The largest absolute Gasteiger partial charge is 0.483 e. The van der Waals surface area contributed by atoms with Gasteiger partial charge in [0.25, 0.3) is 0 Å². The van der Waals surface area contributed by atoms with E-state index in [0.29, 0.717) is 0 Å². The van der Waals surface area contributed by atoms with Crippen LogP contribution in [0, 0.1) is 0 Å². The first-order chi connectivity index (χ1) is 6.38. The normalized spacial score (nSPS) is 20.9. The van der Waals surface area contributed by atoms with Crippen LogP contribution in [0.3, 0.4) is 0 Å². The van der Waals surface area contributed by atoms with E-state index in [9.17, 15) is 0 Å². The molecule has 14 heavy (non-hydrogen) atoms. The molecule has 3 rings (SSSR count). The molecule has 3 heteroatoms. The molecule has 0 unspecified atom stereocenters. The molecule has 1 aromatic rings. The molecule has 0 amide bonds. The Morgan fingerprint density at radius 1 is 1.21 bits per heavy atom. The smallest absolute Gasteiger partial charge is 0.143 e. The average molecular weight is 212 g/mol. The van der Waals surface area contributed by atoms with Crippen molar-refractivity contribution in [1.82, 2.24) is 0 Å². The highest BCUT2D eigenvalue weighted by molar-refractivity contribution is 5.85. The number of hydrogen-bond acceptors (Lipinski definition) is 2. The summed E-state index contributed by atoms with van der Waals surface area (Å²) >= 11 is 0. The summed E-state index contributed by atoms with van der Waals surface area (Å²) in [5.74, 6) is 1.02. The van der Waals surface area contributed by atoms with Gasteiger partial charge in [0, 0.05) is 0 Å². The van der Waals surface area contributed by atoms with Crippen molar-refractivity contribution in [2.45, 2.75) is 24.9 Å². The number of ether oxygens (including phenoxy) is 1. The molecule has 2 aliphatic rings. The first-order valence-corrected chi connectivity index (χ1v) is 4.90. The number of halogens is 1. The Bertz CT molecular complexity index is 336. The Labute approximate surface area is 90.1 Å². The highest BCUT2D eigenvalue weighted by Gasteiger charge is 2.41. The van der Waals surface area contributed by atoms with Crippen molar-refractivity contribution in [2.75, 3.05) is 11.9 Å². The molecule has 1 spiro atoms. The van der Waals surface area contributed by atoms with Crippen molar-refractivity contribution in [3.63, 3.8) is 0 Å². The quantitative estimate of drug-likeness (QED) is 0.713. The number of benzene rings is 1. The third-order valence-corrected chi connectivity index (χ3v) is 3.08. The van der Waals surface area contributed by atoms with Crippen LogP contribution in [0.25, 0.3) is 0 Å². The predicted molar refractivity (Wildman–Crippen MR) is 59.4 cm³/mol. The maximum absolute atomic E-state index is 5.99. The van der Waals surface area contributed by atoms with Crippen molar-refractivity contribution in [3.8, 4) is 5.75 Å². The van der Waals surface area contributed by atoms with E-state index in [1.165, 1.54) is 19.3 Å². The van der Waals surface area contributed by atoms with Gasteiger partial charge in [0.1, 0.15) is 11.4 Å². The lowest BCUT2D eigenvalue weighted by molar-refractivity contribution is 0.000206. The van der Waals surface area contributed by atoms with Crippen molar-refractivity contribution in [2.24, 2.45) is 0 Å². The molecular weight excluding hydrogens is 198 g/mol. The van der Waals surface area contributed by atoms with Crippen LogP contribution >= 0.6 is 12.4 Å². The van der Waals surface area contributed by atoms with Crippen LogP contribution in [-0.2, 0) is 0 Å². The van der Waals surface area contributed by atoms with Crippen molar-refractivity contribution in [1.29, 1.82) is 0 Å². The molecule has 1 aliphatic heterocycles. The topological polar surface area (TPSA) is 21.3 Å². The summed E-state index contributed by atoms with van der Waals surface area (Å²) < 4.78 is 5.99. The molecule has 1 saturated carbocycles. The maximum atomic E-state index is 5.99. The molecule has 76 valence electrons. The molecule has 0 saturated heterocycles. The molecule has 0 radical (unpaired) electrons. The van der Waals surface area contributed by atoms with E-state index in [1.54, 1.807) is 0 Å². The predicted octanol–water partition coefficient (Wildman–Crippen LogP) is 2.84. The zero-order chi connectivity index (χ0) is 8.73. The van der Waals surface area contributed by atoms with Gasteiger partial charge < -0.3 is 10.1 Å². The first kappa shape index (κ1) is 9.66. The van der Waals surface area contributed by atoms with Gasteiger partial charge in [0.15, 0.2) is 0 Å². The third kappa shape index (κ3) is 1.34. The monoisotopic (exact) mass is 211 g/mol. The number of rotatable bonds is 0. The SMILES string of the molecule is Cl.c1ccc2c(c1)NCC1(CCC1)O2. The summed E-state index contributed by atoms with van der Waals surface area (Å²) in [6, 6.07) is 8.18. The molecule has 1 fully saturated rings. The zero-order valence-corrected chi connectivity index (χ0v) is 8.77. The fourth-order valence-electron chi connectivity index (χ4n) is 2.08. The van der Waals surface area contributed by atoms with Gasteiger partial charge in [-0.15, -0.1) is 12.4 Å². The van der Waals surface area contributed by atoms with E-state index in [4.69, 9.17) is 4.74 Å². The van der Waals surface area contributed by atoms with E-state index in [0.717, 1.165) is 18.0 Å². The van der Waals surface area contributed by atoms with E-state index >= 15 is 0 Å². The highest BCUT2D eigenvalue weighted by atomic mass is 35.5. The Morgan fingerprint density at radius 3 is 2.71 bits per heavy atom. The molecule has 1 heterocycles. The van der Waals surface area contributed by atoms with Gasteiger partial charge >= 0.3 is 0 Å². The average Bonchev–Trinajstić information content (AvgIpc) is 2.15. The molecule has 0 bridgehead atoms. The van der Waals surface area contributed by atoms with Gasteiger partial charge in [-0.05, 0) is 31.4 Å². The second kappa shape index (κ2) is 3.35. The Kier molecular flexibility index (Phi) is 2.31.